The summed E-state index contributed by atoms with van der Waals surface area (Å²) in [5.41, 5.74) is 5.83. The van der Waals surface area contributed by atoms with Crippen LogP contribution in [0.4, 0.5) is 11.4 Å². The Labute approximate surface area is 171 Å². The summed E-state index contributed by atoms with van der Waals surface area (Å²) in [6.45, 7) is 8.14. The van der Waals surface area contributed by atoms with Gasteiger partial charge < -0.3 is 15.6 Å². The number of hydrogen-bond donors (Lipinski definition) is 3. The number of aromatic amines is 1. The highest BCUT2D eigenvalue weighted by Crippen LogP contribution is 2.26. The maximum absolute atomic E-state index is 12.5. The molecule has 0 aliphatic heterocycles. The van der Waals surface area contributed by atoms with Crippen LogP contribution in [0.25, 0.3) is 0 Å². The van der Waals surface area contributed by atoms with E-state index >= 15 is 0 Å². The van der Waals surface area contributed by atoms with Crippen LogP contribution >= 0.6 is 0 Å². The predicted octanol–water partition coefficient (Wildman–Crippen LogP) is 4.79. The number of hydrogen-bond acceptors (Lipinski definition) is 3. The summed E-state index contributed by atoms with van der Waals surface area (Å²) in [6.07, 6.45) is 1.67. The molecule has 3 rings (SSSR count). The van der Waals surface area contributed by atoms with Gasteiger partial charge in [0.2, 0.25) is 0 Å². The highest BCUT2D eigenvalue weighted by atomic mass is 16.1. The standard InChI is InChI=1S/C24H27N3O2/c1-15(2)20-7-5-6-8-21(20)27-19-11-9-18(10-12-19)24(29)26-14-22-17(4)23(28)16(3)13-25-22/h5-13,15,27H,14H2,1-4H3,(H,25,28)(H,26,29). The fourth-order valence-corrected chi connectivity index (χ4v) is 3.23. The summed E-state index contributed by atoms with van der Waals surface area (Å²) >= 11 is 0. The van der Waals surface area contributed by atoms with Crippen molar-refractivity contribution in [1.82, 2.24) is 10.3 Å². The van der Waals surface area contributed by atoms with E-state index in [1.807, 2.05) is 24.3 Å². The van der Waals surface area contributed by atoms with Crippen molar-refractivity contribution < 1.29 is 4.79 Å². The molecule has 0 fully saturated rings. The quantitative estimate of drug-likeness (QED) is 0.567. The molecular formula is C24H27N3O2. The lowest BCUT2D eigenvalue weighted by molar-refractivity contribution is 0.0950. The molecule has 0 atom stereocenters. The average molecular weight is 389 g/mol. The van der Waals surface area contributed by atoms with Crippen LogP contribution in [0.3, 0.4) is 0 Å². The average Bonchev–Trinajstić information content (AvgIpc) is 2.72. The Balaban J connectivity index is 1.67. The molecule has 0 saturated carbocycles. The number of benzene rings is 2. The lowest BCUT2D eigenvalue weighted by Gasteiger charge is -2.15. The van der Waals surface area contributed by atoms with Crippen LogP contribution < -0.4 is 16.1 Å². The Kier molecular flexibility index (Phi) is 6.17. The van der Waals surface area contributed by atoms with Crippen LogP contribution in [0.5, 0.6) is 0 Å². The molecule has 150 valence electrons. The normalized spacial score (nSPS) is 10.8. The minimum atomic E-state index is -0.181. The largest absolute Gasteiger partial charge is 0.363 e. The SMILES string of the molecule is Cc1c[nH]c(CNC(=O)c2ccc(Nc3ccccc3C(C)C)cc2)c(C)c1=O. The van der Waals surface area contributed by atoms with Crippen LogP contribution in [-0.4, -0.2) is 10.9 Å². The molecule has 29 heavy (non-hydrogen) atoms. The molecule has 5 nitrogen and oxygen atoms in total. The fourth-order valence-electron chi connectivity index (χ4n) is 3.23. The van der Waals surface area contributed by atoms with Crippen LogP contribution in [0.15, 0.2) is 59.5 Å². The molecule has 0 bridgehead atoms. The summed E-state index contributed by atoms with van der Waals surface area (Å²) in [7, 11) is 0. The van der Waals surface area contributed by atoms with Gasteiger partial charge in [-0.1, -0.05) is 32.0 Å². The van der Waals surface area contributed by atoms with Gasteiger partial charge in [0.25, 0.3) is 5.91 Å². The molecule has 0 spiro atoms. The van der Waals surface area contributed by atoms with Crippen molar-refractivity contribution >= 4 is 17.3 Å². The van der Waals surface area contributed by atoms with E-state index in [1.54, 1.807) is 32.2 Å². The van der Waals surface area contributed by atoms with E-state index in [2.05, 4.69) is 41.6 Å². The number of anilines is 2. The number of aryl methyl sites for hydroxylation is 1. The van der Waals surface area contributed by atoms with Gasteiger partial charge in [0.15, 0.2) is 5.43 Å². The molecular weight excluding hydrogens is 362 g/mol. The summed E-state index contributed by atoms with van der Waals surface area (Å²) in [5.74, 6) is 0.236. The van der Waals surface area contributed by atoms with Gasteiger partial charge in [0, 0.05) is 40.0 Å². The minimum Gasteiger partial charge on any atom is -0.363 e. The van der Waals surface area contributed by atoms with Crippen molar-refractivity contribution in [2.45, 2.75) is 40.2 Å². The number of amides is 1. The van der Waals surface area contributed by atoms with Crippen molar-refractivity contribution in [3.8, 4) is 0 Å². The van der Waals surface area contributed by atoms with Crippen molar-refractivity contribution in [2.75, 3.05) is 5.32 Å². The number of pyridine rings is 1. The number of carbonyl (C=O) groups excluding carboxylic acids is 1. The first-order valence-electron chi connectivity index (χ1n) is 9.78. The number of carbonyl (C=O) groups is 1. The van der Waals surface area contributed by atoms with E-state index in [-0.39, 0.29) is 17.9 Å². The van der Waals surface area contributed by atoms with Gasteiger partial charge in [-0.15, -0.1) is 0 Å². The first-order valence-corrected chi connectivity index (χ1v) is 9.78. The minimum absolute atomic E-state index is 0.00473. The fraction of sp³-hybridized carbons (Fsp3) is 0.250. The Morgan fingerprint density at radius 3 is 2.41 bits per heavy atom. The molecule has 3 aromatic rings. The molecule has 0 aliphatic carbocycles. The molecule has 1 heterocycles. The lowest BCUT2D eigenvalue weighted by atomic mass is 10.0. The van der Waals surface area contributed by atoms with Crippen LogP contribution in [0, 0.1) is 13.8 Å². The molecule has 0 unspecified atom stereocenters. The monoisotopic (exact) mass is 389 g/mol. The third-order valence-electron chi connectivity index (χ3n) is 5.05. The predicted molar refractivity (Wildman–Crippen MR) is 118 cm³/mol. The molecule has 2 aromatic carbocycles. The van der Waals surface area contributed by atoms with Gasteiger partial charge in [-0.25, -0.2) is 0 Å². The van der Waals surface area contributed by atoms with Gasteiger partial charge in [-0.3, -0.25) is 9.59 Å². The Bertz CT molecular complexity index is 1070. The zero-order chi connectivity index (χ0) is 21.0. The Hall–Kier alpha value is -3.34. The second kappa shape index (κ2) is 8.78. The Morgan fingerprint density at radius 2 is 1.72 bits per heavy atom. The molecule has 0 aliphatic rings. The maximum Gasteiger partial charge on any atom is 0.251 e. The van der Waals surface area contributed by atoms with Crippen molar-refractivity contribution in [3.63, 3.8) is 0 Å². The molecule has 3 N–H and O–H groups in total. The smallest absolute Gasteiger partial charge is 0.251 e. The van der Waals surface area contributed by atoms with E-state index in [0.717, 1.165) is 17.1 Å². The van der Waals surface area contributed by atoms with Crippen molar-refractivity contribution in [1.29, 1.82) is 0 Å². The second-order valence-electron chi connectivity index (χ2n) is 7.53. The number of rotatable bonds is 6. The third kappa shape index (κ3) is 4.74. The van der Waals surface area contributed by atoms with E-state index in [9.17, 15) is 9.59 Å². The van der Waals surface area contributed by atoms with Crippen LogP contribution in [0.1, 0.15) is 52.5 Å². The van der Waals surface area contributed by atoms with E-state index in [4.69, 9.17) is 0 Å². The Morgan fingerprint density at radius 1 is 1.03 bits per heavy atom. The van der Waals surface area contributed by atoms with Gasteiger partial charge in [-0.05, 0) is 55.7 Å². The number of aromatic nitrogens is 1. The highest BCUT2D eigenvalue weighted by molar-refractivity contribution is 5.94. The topological polar surface area (TPSA) is 74.0 Å². The second-order valence-corrected chi connectivity index (χ2v) is 7.53. The summed E-state index contributed by atoms with van der Waals surface area (Å²) in [4.78, 5) is 27.6. The number of nitrogens with one attached hydrogen (secondary N) is 3. The molecule has 1 amide bonds. The number of para-hydroxylation sites is 1. The van der Waals surface area contributed by atoms with E-state index in [0.29, 0.717) is 22.6 Å². The first kappa shape index (κ1) is 20.4. The van der Waals surface area contributed by atoms with E-state index in [1.165, 1.54) is 5.56 Å². The van der Waals surface area contributed by atoms with Gasteiger partial charge in [0.1, 0.15) is 0 Å². The zero-order valence-corrected chi connectivity index (χ0v) is 17.3. The number of H-pyrrole nitrogens is 1. The lowest BCUT2D eigenvalue weighted by Crippen LogP contribution is -2.25. The third-order valence-corrected chi connectivity index (χ3v) is 5.05. The van der Waals surface area contributed by atoms with Crippen LogP contribution in [0.2, 0.25) is 0 Å². The van der Waals surface area contributed by atoms with E-state index < -0.39 is 0 Å². The van der Waals surface area contributed by atoms with Gasteiger partial charge >= 0.3 is 0 Å². The molecule has 1 aromatic heterocycles. The van der Waals surface area contributed by atoms with Crippen LogP contribution in [-0.2, 0) is 6.54 Å². The summed E-state index contributed by atoms with van der Waals surface area (Å²) < 4.78 is 0. The van der Waals surface area contributed by atoms with Crippen molar-refractivity contribution in [3.05, 3.63) is 92.9 Å². The van der Waals surface area contributed by atoms with Gasteiger partial charge in [0.05, 0.1) is 6.54 Å². The maximum atomic E-state index is 12.5. The van der Waals surface area contributed by atoms with Crippen molar-refractivity contribution in [2.24, 2.45) is 0 Å². The molecule has 0 radical (unpaired) electrons. The first-order chi connectivity index (χ1) is 13.9. The molecule has 0 saturated heterocycles. The zero-order valence-electron chi connectivity index (χ0n) is 17.3. The summed E-state index contributed by atoms with van der Waals surface area (Å²) in [6, 6.07) is 15.6. The summed E-state index contributed by atoms with van der Waals surface area (Å²) in [5, 5.41) is 6.29. The highest BCUT2D eigenvalue weighted by Gasteiger charge is 2.10. The van der Waals surface area contributed by atoms with Gasteiger partial charge in [-0.2, -0.15) is 0 Å². The molecule has 5 heteroatoms.